The number of H-pyrrole nitrogens is 1. The fourth-order valence-corrected chi connectivity index (χ4v) is 4.48. The Morgan fingerprint density at radius 2 is 2.26 bits per heavy atom. The van der Waals surface area contributed by atoms with Crippen LogP contribution in [0.5, 0.6) is 0 Å². The maximum atomic E-state index is 12.7. The van der Waals surface area contributed by atoms with Gasteiger partial charge in [-0.2, -0.15) is 4.31 Å². The minimum absolute atomic E-state index is 0.0438. The van der Waals surface area contributed by atoms with Gasteiger partial charge in [-0.05, 0) is 18.9 Å². The molecule has 1 saturated heterocycles. The molecule has 0 bridgehead atoms. The van der Waals surface area contributed by atoms with Crippen LogP contribution in [0.1, 0.15) is 34.8 Å². The molecule has 3 heterocycles. The zero-order valence-electron chi connectivity index (χ0n) is 12.8. The van der Waals surface area contributed by atoms with Crippen LogP contribution in [-0.2, 0) is 17.1 Å². The number of rotatable bonds is 4. The number of aryl methyl sites for hydroxylation is 1. The fraction of sp³-hybridized carbons (Fsp3) is 0.429. The van der Waals surface area contributed by atoms with Crippen molar-refractivity contribution in [3.8, 4) is 0 Å². The van der Waals surface area contributed by atoms with E-state index in [1.165, 1.54) is 16.8 Å². The van der Waals surface area contributed by atoms with Crippen LogP contribution in [-0.4, -0.2) is 46.3 Å². The van der Waals surface area contributed by atoms with E-state index in [0.29, 0.717) is 30.8 Å². The third-order valence-corrected chi connectivity index (χ3v) is 5.87. The molecule has 9 heteroatoms. The molecule has 23 heavy (non-hydrogen) atoms. The average Bonchev–Trinajstić information content (AvgIpc) is 3.16. The average molecular weight is 337 g/mol. The number of sulfonamides is 1. The van der Waals surface area contributed by atoms with Crippen LogP contribution >= 0.6 is 0 Å². The summed E-state index contributed by atoms with van der Waals surface area (Å²) in [5.41, 5.74) is 6.51. The Morgan fingerprint density at radius 1 is 1.48 bits per heavy atom. The number of carbonyl (C=O) groups excluding carboxylic acids is 1. The van der Waals surface area contributed by atoms with Gasteiger partial charge < -0.3 is 15.3 Å². The number of amides is 1. The van der Waals surface area contributed by atoms with Gasteiger partial charge in [-0.15, -0.1) is 0 Å². The lowest BCUT2D eigenvalue weighted by molar-refractivity contribution is 0.0998. The molecule has 0 saturated carbocycles. The lowest BCUT2D eigenvalue weighted by Gasteiger charge is -2.31. The van der Waals surface area contributed by atoms with Gasteiger partial charge in [0.25, 0.3) is 15.9 Å². The van der Waals surface area contributed by atoms with Gasteiger partial charge >= 0.3 is 0 Å². The van der Waals surface area contributed by atoms with Gasteiger partial charge in [-0.1, -0.05) is 0 Å². The summed E-state index contributed by atoms with van der Waals surface area (Å²) < 4.78 is 28.4. The molecular weight excluding hydrogens is 318 g/mol. The highest BCUT2D eigenvalue weighted by molar-refractivity contribution is 7.89. The SMILES string of the molecule is Cn1cnc(S(=O)(=O)N2CCCC(c3[nH]ccc3C(N)=O)C2)c1. The van der Waals surface area contributed by atoms with Crippen molar-refractivity contribution in [2.75, 3.05) is 13.1 Å². The largest absolute Gasteiger partial charge is 0.366 e. The standard InChI is InChI=1S/C14H19N5O3S/c1-18-8-12(17-9-18)23(21,22)19-6-2-3-10(7-19)13-11(14(15)20)4-5-16-13/h4-5,8-10,16H,2-3,6-7H2,1H3,(H2,15,20). The Bertz CT molecular complexity index is 823. The normalized spacial score (nSPS) is 19.8. The second kappa shape index (κ2) is 5.82. The lowest BCUT2D eigenvalue weighted by atomic mass is 9.93. The maximum absolute atomic E-state index is 12.7. The number of nitrogens with one attached hydrogen (secondary N) is 1. The van der Waals surface area contributed by atoms with Gasteiger partial charge in [0.2, 0.25) is 0 Å². The summed E-state index contributed by atoms with van der Waals surface area (Å²) in [4.78, 5) is 18.5. The minimum Gasteiger partial charge on any atom is -0.366 e. The molecule has 0 radical (unpaired) electrons. The summed E-state index contributed by atoms with van der Waals surface area (Å²) in [7, 11) is -1.90. The topological polar surface area (TPSA) is 114 Å². The van der Waals surface area contributed by atoms with E-state index in [1.54, 1.807) is 23.9 Å². The van der Waals surface area contributed by atoms with Crippen LogP contribution in [0, 0.1) is 0 Å². The first-order chi connectivity index (χ1) is 10.9. The van der Waals surface area contributed by atoms with Crippen molar-refractivity contribution in [1.29, 1.82) is 0 Å². The molecule has 2 aromatic heterocycles. The number of nitrogens with zero attached hydrogens (tertiary/aromatic N) is 3. The first-order valence-electron chi connectivity index (χ1n) is 7.35. The van der Waals surface area contributed by atoms with Gasteiger partial charge in [0.05, 0.1) is 11.9 Å². The number of aromatic amines is 1. The second-order valence-electron chi connectivity index (χ2n) is 5.75. The fourth-order valence-electron chi connectivity index (χ4n) is 2.99. The smallest absolute Gasteiger partial charge is 0.262 e. The van der Waals surface area contributed by atoms with E-state index in [2.05, 4.69) is 9.97 Å². The number of nitrogens with two attached hydrogens (primary N) is 1. The quantitative estimate of drug-likeness (QED) is 0.841. The van der Waals surface area contributed by atoms with Crippen LogP contribution in [0.2, 0.25) is 0 Å². The van der Waals surface area contributed by atoms with Crippen molar-refractivity contribution in [2.45, 2.75) is 23.8 Å². The third-order valence-electron chi connectivity index (χ3n) is 4.12. The number of imidazole rings is 1. The molecule has 124 valence electrons. The number of primary amides is 1. The Balaban J connectivity index is 1.86. The molecule has 0 aromatic carbocycles. The summed E-state index contributed by atoms with van der Waals surface area (Å²) in [6.45, 7) is 0.752. The van der Waals surface area contributed by atoms with Gasteiger partial charge in [-0.3, -0.25) is 4.79 Å². The Kier molecular flexibility index (Phi) is 3.99. The van der Waals surface area contributed by atoms with Gasteiger partial charge in [-0.25, -0.2) is 13.4 Å². The van der Waals surface area contributed by atoms with Crippen molar-refractivity contribution in [2.24, 2.45) is 12.8 Å². The predicted octanol–water partition coefficient (Wildman–Crippen LogP) is 0.415. The predicted molar refractivity (Wildman–Crippen MR) is 83.3 cm³/mol. The summed E-state index contributed by atoms with van der Waals surface area (Å²) in [5, 5.41) is 0.0438. The molecule has 3 rings (SSSR count). The maximum Gasteiger partial charge on any atom is 0.262 e. The first kappa shape index (κ1) is 15.8. The molecule has 0 spiro atoms. The van der Waals surface area contributed by atoms with Crippen LogP contribution in [0.15, 0.2) is 29.8 Å². The molecular formula is C14H19N5O3S. The van der Waals surface area contributed by atoms with E-state index in [1.807, 2.05) is 0 Å². The van der Waals surface area contributed by atoms with Gasteiger partial charge in [0.15, 0.2) is 5.03 Å². The number of carbonyl (C=O) groups is 1. The van der Waals surface area contributed by atoms with E-state index in [4.69, 9.17) is 5.73 Å². The van der Waals surface area contributed by atoms with E-state index in [0.717, 1.165) is 6.42 Å². The molecule has 2 aromatic rings. The molecule has 0 aliphatic carbocycles. The van der Waals surface area contributed by atoms with Crippen molar-refractivity contribution >= 4 is 15.9 Å². The second-order valence-corrected chi connectivity index (χ2v) is 7.63. The summed E-state index contributed by atoms with van der Waals surface area (Å²) in [6, 6.07) is 1.63. The first-order valence-corrected chi connectivity index (χ1v) is 8.79. The highest BCUT2D eigenvalue weighted by Crippen LogP contribution is 2.30. The van der Waals surface area contributed by atoms with Crippen LogP contribution < -0.4 is 5.73 Å². The van der Waals surface area contributed by atoms with Crippen molar-refractivity contribution in [3.05, 3.63) is 36.0 Å². The van der Waals surface area contributed by atoms with E-state index < -0.39 is 15.9 Å². The Labute approximate surface area is 134 Å². The molecule has 1 amide bonds. The Hall–Kier alpha value is -2.13. The molecule has 1 unspecified atom stereocenters. The number of hydrogen-bond donors (Lipinski definition) is 2. The monoisotopic (exact) mass is 337 g/mol. The highest BCUT2D eigenvalue weighted by atomic mass is 32.2. The van der Waals surface area contributed by atoms with Crippen molar-refractivity contribution in [1.82, 2.24) is 18.8 Å². The highest BCUT2D eigenvalue weighted by Gasteiger charge is 2.33. The van der Waals surface area contributed by atoms with Crippen molar-refractivity contribution in [3.63, 3.8) is 0 Å². The molecule has 3 N–H and O–H groups in total. The summed E-state index contributed by atoms with van der Waals surface area (Å²) in [6.07, 6.45) is 6.12. The molecule has 1 atom stereocenters. The van der Waals surface area contributed by atoms with Crippen molar-refractivity contribution < 1.29 is 13.2 Å². The van der Waals surface area contributed by atoms with E-state index >= 15 is 0 Å². The molecule has 1 aliphatic rings. The van der Waals surface area contributed by atoms with Crippen LogP contribution in [0.25, 0.3) is 0 Å². The molecule has 8 nitrogen and oxygen atoms in total. The minimum atomic E-state index is -3.63. The van der Waals surface area contributed by atoms with Gasteiger partial charge in [0.1, 0.15) is 0 Å². The Morgan fingerprint density at radius 3 is 2.91 bits per heavy atom. The van der Waals surface area contributed by atoms with E-state index in [-0.39, 0.29) is 10.9 Å². The third kappa shape index (κ3) is 2.89. The lowest BCUT2D eigenvalue weighted by Crippen LogP contribution is -2.39. The summed E-state index contributed by atoms with van der Waals surface area (Å²) >= 11 is 0. The number of aromatic nitrogens is 3. The van der Waals surface area contributed by atoms with Crippen LogP contribution in [0.3, 0.4) is 0 Å². The van der Waals surface area contributed by atoms with Gasteiger partial charge in [0, 0.05) is 44.1 Å². The number of piperidine rings is 1. The zero-order chi connectivity index (χ0) is 16.6. The van der Waals surface area contributed by atoms with E-state index in [9.17, 15) is 13.2 Å². The molecule has 1 fully saturated rings. The zero-order valence-corrected chi connectivity index (χ0v) is 13.6. The number of hydrogen-bond acceptors (Lipinski definition) is 4. The summed E-state index contributed by atoms with van der Waals surface area (Å²) in [5.74, 6) is -0.592. The molecule has 1 aliphatic heterocycles. The van der Waals surface area contributed by atoms with Crippen LogP contribution in [0.4, 0.5) is 0 Å².